The Kier molecular flexibility index (Phi) is 3.22. The van der Waals surface area contributed by atoms with Crippen molar-refractivity contribution >= 4 is 5.82 Å². The van der Waals surface area contributed by atoms with Gasteiger partial charge in [-0.3, -0.25) is 0 Å². The molecule has 0 atom stereocenters. The monoisotopic (exact) mass is 297 g/mol. The van der Waals surface area contributed by atoms with Crippen LogP contribution in [0.4, 0.5) is 5.82 Å². The predicted octanol–water partition coefficient (Wildman–Crippen LogP) is 2.84. The van der Waals surface area contributed by atoms with Crippen LogP contribution in [0.1, 0.15) is 35.4 Å². The van der Waals surface area contributed by atoms with E-state index < -0.39 is 0 Å². The van der Waals surface area contributed by atoms with E-state index in [0.717, 1.165) is 34.6 Å². The molecule has 1 aromatic heterocycles. The number of rotatable bonds is 3. The molecule has 2 N–H and O–H groups in total. The zero-order valence-electron chi connectivity index (χ0n) is 12.6. The molecule has 5 heteroatoms. The van der Waals surface area contributed by atoms with Gasteiger partial charge in [0.2, 0.25) is 0 Å². The molecule has 1 fully saturated rings. The van der Waals surface area contributed by atoms with Crippen LogP contribution in [0.2, 0.25) is 0 Å². The van der Waals surface area contributed by atoms with E-state index >= 15 is 0 Å². The topological polar surface area (TPSA) is 67.3 Å². The largest absolute Gasteiger partial charge is 0.507 e. The number of aromatic hydroxyl groups is 1. The zero-order chi connectivity index (χ0) is 15.1. The molecule has 5 nitrogen and oxygen atoms in total. The smallest absolute Gasteiger partial charge is 0.154 e. The number of ether oxygens (including phenoxy) is 1. The minimum atomic E-state index is 0.296. The maximum Gasteiger partial charge on any atom is 0.154 e. The first kappa shape index (κ1) is 13.5. The maximum atomic E-state index is 10.4. The minimum Gasteiger partial charge on any atom is -0.507 e. The molecular weight excluding hydrogens is 278 g/mol. The number of hydrogen-bond acceptors (Lipinski definition) is 5. The number of aromatic nitrogens is 2. The van der Waals surface area contributed by atoms with Gasteiger partial charge in [0, 0.05) is 18.2 Å². The molecule has 1 aliphatic heterocycles. The van der Waals surface area contributed by atoms with E-state index in [0.29, 0.717) is 24.9 Å². The fourth-order valence-electron chi connectivity index (χ4n) is 3.12. The van der Waals surface area contributed by atoms with E-state index in [1.165, 1.54) is 18.4 Å². The second-order valence-corrected chi connectivity index (χ2v) is 5.96. The minimum absolute atomic E-state index is 0.296. The van der Waals surface area contributed by atoms with Crippen LogP contribution in [0.15, 0.2) is 18.2 Å². The number of phenols is 1. The van der Waals surface area contributed by atoms with Gasteiger partial charge in [-0.05, 0) is 48.4 Å². The summed E-state index contributed by atoms with van der Waals surface area (Å²) in [6, 6.07) is 5.96. The van der Waals surface area contributed by atoms with Gasteiger partial charge in [0.1, 0.15) is 11.4 Å². The summed E-state index contributed by atoms with van der Waals surface area (Å²) in [7, 11) is 1.83. The van der Waals surface area contributed by atoms with Crippen LogP contribution >= 0.6 is 0 Å². The van der Waals surface area contributed by atoms with E-state index in [4.69, 9.17) is 4.74 Å². The number of hydrogen-bond donors (Lipinski definition) is 2. The molecule has 2 aromatic rings. The SMILES string of the molecule is CNc1nnc(-c2ccc(C3CC3)cc2O)c2c1COCC2. The third-order valence-electron chi connectivity index (χ3n) is 4.49. The first-order chi connectivity index (χ1) is 10.8. The molecule has 0 saturated heterocycles. The number of phenolic OH excluding ortho intramolecular Hbond substituents is 1. The summed E-state index contributed by atoms with van der Waals surface area (Å²) in [5, 5.41) is 22.1. The van der Waals surface area contributed by atoms with Crippen molar-refractivity contribution in [1.82, 2.24) is 10.2 Å². The highest BCUT2D eigenvalue weighted by Crippen LogP contribution is 2.43. The highest BCUT2D eigenvalue weighted by Gasteiger charge is 2.26. The summed E-state index contributed by atoms with van der Waals surface area (Å²) in [5.74, 6) is 1.68. The summed E-state index contributed by atoms with van der Waals surface area (Å²) in [5.41, 5.74) is 4.93. The third-order valence-corrected chi connectivity index (χ3v) is 4.49. The lowest BCUT2D eigenvalue weighted by molar-refractivity contribution is 0.111. The van der Waals surface area contributed by atoms with E-state index in [-0.39, 0.29) is 0 Å². The highest BCUT2D eigenvalue weighted by atomic mass is 16.5. The number of nitrogens with zero attached hydrogens (tertiary/aromatic N) is 2. The molecule has 0 amide bonds. The summed E-state index contributed by atoms with van der Waals surface area (Å²) in [4.78, 5) is 0. The van der Waals surface area contributed by atoms with Gasteiger partial charge in [-0.25, -0.2) is 0 Å². The van der Waals surface area contributed by atoms with Crippen molar-refractivity contribution in [3.8, 4) is 17.0 Å². The molecule has 2 aliphatic rings. The number of anilines is 1. The average Bonchev–Trinajstić information content (AvgIpc) is 3.39. The van der Waals surface area contributed by atoms with E-state index in [1.807, 2.05) is 19.2 Å². The second kappa shape index (κ2) is 5.25. The van der Waals surface area contributed by atoms with Crippen molar-refractivity contribution in [3.63, 3.8) is 0 Å². The normalized spacial score (nSPS) is 17.1. The van der Waals surface area contributed by atoms with Crippen LogP contribution in [0.25, 0.3) is 11.3 Å². The van der Waals surface area contributed by atoms with Crippen LogP contribution in [0.5, 0.6) is 5.75 Å². The molecule has 0 bridgehead atoms. The molecule has 1 aromatic carbocycles. The first-order valence-corrected chi connectivity index (χ1v) is 7.75. The van der Waals surface area contributed by atoms with E-state index in [9.17, 15) is 5.11 Å². The van der Waals surface area contributed by atoms with Crippen LogP contribution < -0.4 is 5.32 Å². The predicted molar refractivity (Wildman–Crippen MR) is 84.0 cm³/mol. The van der Waals surface area contributed by atoms with Gasteiger partial charge in [0.15, 0.2) is 5.82 Å². The average molecular weight is 297 g/mol. The Labute approximate surface area is 129 Å². The number of nitrogens with one attached hydrogen (secondary N) is 1. The summed E-state index contributed by atoms with van der Waals surface area (Å²) < 4.78 is 5.55. The standard InChI is InChI=1S/C17H19N3O2/c1-18-17-14-9-22-7-6-12(14)16(19-20-17)13-5-4-11(8-15(13)21)10-2-3-10/h4-5,8,10,21H,2-3,6-7,9H2,1H3,(H,18,20). The highest BCUT2D eigenvalue weighted by molar-refractivity contribution is 5.73. The molecule has 1 aliphatic carbocycles. The molecule has 0 spiro atoms. The third kappa shape index (κ3) is 2.22. The maximum absolute atomic E-state index is 10.4. The molecule has 2 heterocycles. The van der Waals surface area contributed by atoms with Gasteiger partial charge in [0.25, 0.3) is 0 Å². The van der Waals surface area contributed by atoms with Gasteiger partial charge in [-0.2, -0.15) is 0 Å². The Morgan fingerprint density at radius 2 is 2.09 bits per heavy atom. The quantitative estimate of drug-likeness (QED) is 0.912. The fourth-order valence-corrected chi connectivity index (χ4v) is 3.12. The fraction of sp³-hybridized carbons (Fsp3) is 0.412. The van der Waals surface area contributed by atoms with Crippen LogP contribution in [-0.2, 0) is 17.8 Å². The molecule has 1 saturated carbocycles. The van der Waals surface area contributed by atoms with Crippen LogP contribution in [0, 0.1) is 0 Å². The van der Waals surface area contributed by atoms with Crippen molar-refractivity contribution < 1.29 is 9.84 Å². The van der Waals surface area contributed by atoms with Gasteiger partial charge < -0.3 is 15.2 Å². The van der Waals surface area contributed by atoms with Crippen LogP contribution in [-0.4, -0.2) is 29.0 Å². The number of benzene rings is 1. The molecule has 4 rings (SSSR count). The molecule has 114 valence electrons. The lowest BCUT2D eigenvalue weighted by atomic mass is 9.96. The first-order valence-electron chi connectivity index (χ1n) is 7.75. The Bertz CT molecular complexity index is 726. The molecular formula is C17H19N3O2. The molecule has 22 heavy (non-hydrogen) atoms. The lowest BCUT2D eigenvalue weighted by Crippen LogP contribution is -2.16. The Balaban J connectivity index is 1.82. The van der Waals surface area contributed by atoms with Crippen molar-refractivity contribution in [3.05, 3.63) is 34.9 Å². The van der Waals surface area contributed by atoms with Crippen LogP contribution in [0.3, 0.4) is 0 Å². The van der Waals surface area contributed by atoms with Crippen molar-refractivity contribution in [2.45, 2.75) is 31.8 Å². The summed E-state index contributed by atoms with van der Waals surface area (Å²) in [6.45, 7) is 1.21. The summed E-state index contributed by atoms with van der Waals surface area (Å²) in [6.07, 6.45) is 3.24. The van der Waals surface area contributed by atoms with Gasteiger partial charge in [0.05, 0.1) is 13.2 Å². The van der Waals surface area contributed by atoms with Gasteiger partial charge in [-0.15, -0.1) is 10.2 Å². The summed E-state index contributed by atoms with van der Waals surface area (Å²) >= 11 is 0. The van der Waals surface area contributed by atoms with E-state index in [2.05, 4.69) is 21.6 Å². The Morgan fingerprint density at radius 3 is 2.82 bits per heavy atom. The van der Waals surface area contributed by atoms with Crippen molar-refractivity contribution in [1.29, 1.82) is 0 Å². The molecule has 0 radical (unpaired) electrons. The van der Waals surface area contributed by atoms with Crippen molar-refractivity contribution in [2.75, 3.05) is 19.0 Å². The Hall–Kier alpha value is -2.14. The Morgan fingerprint density at radius 1 is 1.23 bits per heavy atom. The van der Waals surface area contributed by atoms with E-state index in [1.54, 1.807) is 0 Å². The van der Waals surface area contributed by atoms with Crippen molar-refractivity contribution in [2.24, 2.45) is 0 Å². The van der Waals surface area contributed by atoms with Gasteiger partial charge in [-0.1, -0.05) is 6.07 Å². The lowest BCUT2D eigenvalue weighted by Gasteiger charge is -2.21. The zero-order valence-corrected chi connectivity index (χ0v) is 12.6. The number of fused-ring (bicyclic) bond motifs is 1. The van der Waals surface area contributed by atoms with Gasteiger partial charge >= 0.3 is 0 Å². The second-order valence-electron chi connectivity index (χ2n) is 5.96. The molecule has 0 unspecified atom stereocenters.